The molecule has 2 aromatic rings. The summed E-state index contributed by atoms with van der Waals surface area (Å²) in [6, 6.07) is 6.46. The molecule has 0 fully saturated rings. The van der Waals surface area contributed by atoms with Gasteiger partial charge in [0.05, 0.1) is 11.1 Å². The fourth-order valence-corrected chi connectivity index (χ4v) is 3.39. The minimum atomic E-state index is -0.749. The second kappa shape index (κ2) is 8.94. The van der Waals surface area contributed by atoms with Gasteiger partial charge in [-0.2, -0.15) is 0 Å². The highest BCUT2D eigenvalue weighted by atomic mass is 16.6. The van der Waals surface area contributed by atoms with Crippen molar-refractivity contribution < 1.29 is 14.6 Å². The second-order valence-corrected chi connectivity index (χ2v) is 10.1. The van der Waals surface area contributed by atoms with E-state index in [1.54, 1.807) is 10.8 Å². The monoisotopic (exact) mass is 414 g/mol. The maximum Gasteiger partial charge on any atom is 0.418 e. The van der Waals surface area contributed by atoms with Crippen LogP contribution in [0.1, 0.15) is 66.0 Å². The SMILES string of the molecule is C=C(C)C(C)N(C)Cc1cc(CCC(C)(C)O)c2ccn(C(=O)OC(C)(C)C)c2c1. The normalized spacial score (nSPS) is 13.7. The Balaban J connectivity index is 2.49. The molecule has 0 amide bonds. The van der Waals surface area contributed by atoms with Gasteiger partial charge in [-0.15, -0.1) is 0 Å². The first-order chi connectivity index (χ1) is 13.7. The first-order valence-electron chi connectivity index (χ1n) is 10.6. The number of benzene rings is 1. The lowest BCUT2D eigenvalue weighted by Gasteiger charge is -2.25. The lowest BCUT2D eigenvalue weighted by atomic mass is 9.95. The number of hydrogen-bond donors (Lipinski definition) is 1. The van der Waals surface area contributed by atoms with E-state index in [0.29, 0.717) is 6.42 Å². The number of aliphatic hydroxyl groups is 1. The van der Waals surface area contributed by atoms with E-state index in [0.717, 1.165) is 40.6 Å². The average Bonchev–Trinajstić information content (AvgIpc) is 3.00. The Hall–Kier alpha value is -2.11. The van der Waals surface area contributed by atoms with E-state index in [2.05, 4.69) is 37.6 Å². The third-order valence-corrected chi connectivity index (χ3v) is 5.36. The average molecular weight is 415 g/mol. The Morgan fingerprint density at radius 3 is 2.43 bits per heavy atom. The van der Waals surface area contributed by atoms with Crippen molar-refractivity contribution in [3.63, 3.8) is 0 Å². The van der Waals surface area contributed by atoms with E-state index < -0.39 is 11.2 Å². The first kappa shape index (κ1) is 24.2. The maximum atomic E-state index is 12.8. The number of carbonyl (C=O) groups is 1. The van der Waals surface area contributed by atoms with Gasteiger partial charge in [-0.25, -0.2) is 4.79 Å². The molecule has 1 atom stereocenters. The number of aryl methyl sites for hydroxylation is 1. The number of likely N-dealkylation sites (N-methyl/N-ethyl adjacent to an activating group) is 1. The van der Waals surface area contributed by atoms with Crippen LogP contribution in [0, 0.1) is 0 Å². The van der Waals surface area contributed by atoms with E-state index in [4.69, 9.17) is 4.74 Å². The van der Waals surface area contributed by atoms with Crippen molar-refractivity contribution in [1.82, 2.24) is 9.47 Å². The summed E-state index contributed by atoms with van der Waals surface area (Å²) in [5.41, 5.74) is 2.88. The highest BCUT2D eigenvalue weighted by Gasteiger charge is 2.21. The lowest BCUT2D eigenvalue weighted by Crippen LogP contribution is -2.29. The highest BCUT2D eigenvalue weighted by Crippen LogP contribution is 2.27. The Morgan fingerprint density at radius 1 is 1.27 bits per heavy atom. The van der Waals surface area contributed by atoms with Crippen molar-refractivity contribution in [2.75, 3.05) is 7.05 Å². The molecule has 0 spiro atoms. The quantitative estimate of drug-likeness (QED) is 0.606. The summed E-state index contributed by atoms with van der Waals surface area (Å²) in [5, 5.41) is 11.2. The van der Waals surface area contributed by atoms with Gasteiger partial charge in [-0.1, -0.05) is 18.2 Å². The van der Waals surface area contributed by atoms with Gasteiger partial charge in [0.25, 0.3) is 0 Å². The van der Waals surface area contributed by atoms with Gasteiger partial charge in [0.2, 0.25) is 0 Å². The van der Waals surface area contributed by atoms with Crippen LogP contribution >= 0.6 is 0 Å². The molecule has 0 aliphatic heterocycles. The highest BCUT2D eigenvalue weighted by molar-refractivity contribution is 5.92. The summed E-state index contributed by atoms with van der Waals surface area (Å²) in [6.07, 6.45) is 2.76. The number of carbonyl (C=O) groups excluding carboxylic acids is 1. The number of fused-ring (bicyclic) bond motifs is 1. The zero-order valence-corrected chi connectivity index (χ0v) is 19.9. The van der Waals surface area contributed by atoms with Crippen LogP contribution in [-0.4, -0.2) is 45.0 Å². The van der Waals surface area contributed by atoms with Crippen LogP contribution in [0.2, 0.25) is 0 Å². The summed E-state index contributed by atoms with van der Waals surface area (Å²) in [5.74, 6) is 0. The fourth-order valence-electron chi connectivity index (χ4n) is 3.39. The number of hydrogen-bond acceptors (Lipinski definition) is 4. The lowest BCUT2D eigenvalue weighted by molar-refractivity contribution is 0.0544. The molecule has 1 heterocycles. The van der Waals surface area contributed by atoms with Gasteiger partial charge >= 0.3 is 6.09 Å². The number of nitrogens with zero attached hydrogens (tertiary/aromatic N) is 2. The van der Waals surface area contributed by atoms with E-state index >= 15 is 0 Å². The Morgan fingerprint density at radius 2 is 1.90 bits per heavy atom. The number of aromatic nitrogens is 1. The summed E-state index contributed by atoms with van der Waals surface area (Å²) in [6.45, 7) is 18.2. The summed E-state index contributed by atoms with van der Waals surface area (Å²) < 4.78 is 7.18. The van der Waals surface area contributed by atoms with Crippen LogP contribution in [0.4, 0.5) is 4.79 Å². The Labute approximate surface area is 181 Å². The largest absolute Gasteiger partial charge is 0.443 e. The molecule has 0 saturated carbocycles. The van der Waals surface area contributed by atoms with Crippen molar-refractivity contribution in [3.05, 3.63) is 47.7 Å². The third kappa shape index (κ3) is 6.44. The van der Waals surface area contributed by atoms with Crippen LogP contribution in [0.15, 0.2) is 36.5 Å². The van der Waals surface area contributed by atoms with Gasteiger partial charge in [0.15, 0.2) is 0 Å². The minimum Gasteiger partial charge on any atom is -0.443 e. The molecule has 0 bridgehead atoms. The second-order valence-electron chi connectivity index (χ2n) is 10.1. The van der Waals surface area contributed by atoms with Crippen LogP contribution in [0.5, 0.6) is 0 Å². The molecule has 0 aliphatic rings. The standard InChI is InChI=1S/C25H38N2O3/c1-17(2)18(3)26(9)16-19-14-20(10-12-25(7,8)29)21-11-13-27(22(21)15-19)23(28)30-24(4,5)6/h11,13-15,18,29H,1,10,12,16H2,2-9H3. The molecule has 5 nitrogen and oxygen atoms in total. The minimum absolute atomic E-state index is 0.248. The van der Waals surface area contributed by atoms with Gasteiger partial charge in [0.1, 0.15) is 5.60 Å². The van der Waals surface area contributed by atoms with Crippen LogP contribution in [-0.2, 0) is 17.7 Å². The fraction of sp³-hybridized carbons (Fsp3) is 0.560. The number of ether oxygens (including phenoxy) is 1. The number of rotatable bonds is 7. The molecule has 1 aromatic carbocycles. The van der Waals surface area contributed by atoms with E-state index in [1.165, 1.54) is 0 Å². The van der Waals surface area contributed by atoms with Crippen LogP contribution < -0.4 is 0 Å². The molecular formula is C25H38N2O3. The van der Waals surface area contributed by atoms with Crippen molar-refractivity contribution in [3.8, 4) is 0 Å². The molecule has 0 radical (unpaired) electrons. The molecular weight excluding hydrogens is 376 g/mol. The van der Waals surface area contributed by atoms with Crippen LogP contribution in [0.25, 0.3) is 10.9 Å². The molecule has 2 rings (SSSR count). The van der Waals surface area contributed by atoms with Crippen molar-refractivity contribution in [2.24, 2.45) is 0 Å². The van der Waals surface area contributed by atoms with Crippen LogP contribution in [0.3, 0.4) is 0 Å². The zero-order chi connectivity index (χ0) is 22.9. The predicted octanol–water partition coefficient (Wildman–Crippen LogP) is 5.52. The molecule has 1 unspecified atom stereocenters. The predicted molar refractivity (Wildman–Crippen MR) is 124 cm³/mol. The molecule has 5 heteroatoms. The smallest absolute Gasteiger partial charge is 0.418 e. The summed E-state index contributed by atoms with van der Waals surface area (Å²) in [7, 11) is 2.08. The van der Waals surface area contributed by atoms with E-state index in [9.17, 15) is 9.90 Å². The maximum absolute atomic E-state index is 12.8. The van der Waals surface area contributed by atoms with Gasteiger partial charge < -0.3 is 9.84 Å². The van der Waals surface area contributed by atoms with Gasteiger partial charge in [0, 0.05) is 24.2 Å². The van der Waals surface area contributed by atoms with Gasteiger partial charge in [-0.05, 0) is 91.6 Å². The summed E-state index contributed by atoms with van der Waals surface area (Å²) >= 11 is 0. The van der Waals surface area contributed by atoms with Crippen molar-refractivity contribution in [2.45, 2.75) is 85.1 Å². The topological polar surface area (TPSA) is 54.7 Å². The molecule has 166 valence electrons. The molecule has 1 N–H and O–H groups in total. The molecule has 30 heavy (non-hydrogen) atoms. The van der Waals surface area contributed by atoms with E-state index in [-0.39, 0.29) is 12.1 Å². The third-order valence-electron chi connectivity index (χ3n) is 5.36. The summed E-state index contributed by atoms with van der Waals surface area (Å²) in [4.78, 5) is 15.0. The molecule has 0 aliphatic carbocycles. The Kier molecular flexibility index (Phi) is 7.20. The van der Waals surface area contributed by atoms with Gasteiger partial charge in [-0.3, -0.25) is 9.47 Å². The molecule has 0 saturated heterocycles. The van der Waals surface area contributed by atoms with E-state index in [1.807, 2.05) is 47.6 Å². The zero-order valence-electron chi connectivity index (χ0n) is 19.9. The Bertz CT molecular complexity index is 913. The first-order valence-corrected chi connectivity index (χ1v) is 10.6. The van der Waals surface area contributed by atoms with Crippen molar-refractivity contribution >= 4 is 17.0 Å². The molecule has 1 aromatic heterocycles. The van der Waals surface area contributed by atoms with Crippen molar-refractivity contribution in [1.29, 1.82) is 0 Å².